The number of rotatable bonds is 6. The number of carbonyl (C=O) groups excluding carboxylic acids is 1. The van der Waals surface area contributed by atoms with E-state index in [0.717, 1.165) is 16.7 Å². The van der Waals surface area contributed by atoms with Gasteiger partial charge in [0.2, 0.25) is 17.6 Å². The molecule has 1 amide bonds. The number of carbonyl (C=O) groups is 1. The molecule has 0 aliphatic carbocycles. The first-order valence-electron chi connectivity index (χ1n) is 8.56. The second-order valence-corrected chi connectivity index (χ2v) is 7.18. The Labute approximate surface area is 167 Å². The van der Waals surface area contributed by atoms with E-state index in [1.165, 1.54) is 0 Å². The summed E-state index contributed by atoms with van der Waals surface area (Å²) in [5, 5.41) is 7.97. The first-order chi connectivity index (χ1) is 12.9. The molecule has 0 fully saturated rings. The van der Waals surface area contributed by atoms with Crippen molar-refractivity contribution < 1.29 is 9.32 Å². The van der Waals surface area contributed by atoms with E-state index in [1.54, 1.807) is 12.1 Å². The molecule has 1 atom stereocenters. The number of amides is 1. The molecular weight excluding hydrogens is 385 g/mol. The minimum absolute atomic E-state index is 0.122. The van der Waals surface area contributed by atoms with E-state index in [0.29, 0.717) is 28.2 Å². The lowest BCUT2D eigenvalue weighted by molar-refractivity contribution is -0.121. The fourth-order valence-electron chi connectivity index (χ4n) is 2.64. The third-order valence-electron chi connectivity index (χ3n) is 4.15. The third kappa shape index (κ3) is 5.08. The number of nitrogens with one attached hydrogen (secondary N) is 1. The Bertz CT molecular complexity index is 939. The molecule has 1 unspecified atom stereocenters. The summed E-state index contributed by atoms with van der Waals surface area (Å²) in [6.07, 6.45) is 0.608. The van der Waals surface area contributed by atoms with Gasteiger partial charge in [-0.05, 0) is 31.5 Å². The number of benzene rings is 2. The van der Waals surface area contributed by atoms with Gasteiger partial charge >= 0.3 is 0 Å². The van der Waals surface area contributed by atoms with Gasteiger partial charge in [0.15, 0.2) is 0 Å². The van der Waals surface area contributed by atoms with Crippen LogP contribution >= 0.6 is 23.2 Å². The summed E-state index contributed by atoms with van der Waals surface area (Å²) in [5.74, 6) is 0.827. The maximum atomic E-state index is 12.2. The minimum atomic E-state index is -0.229. The van der Waals surface area contributed by atoms with E-state index in [-0.39, 0.29) is 18.4 Å². The van der Waals surface area contributed by atoms with Crippen LogP contribution in [0.3, 0.4) is 0 Å². The predicted octanol–water partition coefficient (Wildman–Crippen LogP) is 5.16. The average Bonchev–Trinajstić information content (AvgIpc) is 3.09. The third-order valence-corrected chi connectivity index (χ3v) is 4.71. The lowest BCUT2D eigenvalue weighted by atomic mass is 10.1. The Morgan fingerprint density at radius 1 is 1.19 bits per heavy atom. The van der Waals surface area contributed by atoms with Crippen molar-refractivity contribution in [2.75, 3.05) is 0 Å². The zero-order valence-corrected chi connectivity index (χ0v) is 16.5. The molecule has 27 heavy (non-hydrogen) atoms. The van der Waals surface area contributed by atoms with Gasteiger partial charge < -0.3 is 9.84 Å². The monoisotopic (exact) mass is 403 g/mol. The highest BCUT2D eigenvalue weighted by Crippen LogP contribution is 2.26. The zero-order chi connectivity index (χ0) is 19.4. The van der Waals surface area contributed by atoms with Crippen LogP contribution in [0.2, 0.25) is 10.0 Å². The summed E-state index contributed by atoms with van der Waals surface area (Å²) in [7, 11) is 0. The SMILES string of the molecule is Cc1ccc(-c2noc(CCC(=O)NC(C)c3ccc(Cl)cc3Cl)n2)cc1. The van der Waals surface area contributed by atoms with Crippen molar-refractivity contribution in [3.63, 3.8) is 0 Å². The Morgan fingerprint density at radius 2 is 1.93 bits per heavy atom. The summed E-state index contributed by atoms with van der Waals surface area (Å²) in [5.41, 5.74) is 2.86. The average molecular weight is 404 g/mol. The molecule has 0 spiro atoms. The lowest BCUT2D eigenvalue weighted by Crippen LogP contribution is -2.27. The van der Waals surface area contributed by atoms with Gasteiger partial charge in [-0.25, -0.2) is 0 Å². The Kier molecular flexibility index (Phi) is 6.14. The highest BCUT2D eigenvalue weighted by atomic mass is 35.5. The van der Waals surface area contributed by atoms with Crippen LogP contribution in [-0.2, 0) is 11.2 Å². The van der Waals surface area contributed by atoms with E-state index in [1.807, 2.05) is 44.2 Å². The van der Waals surface area contributed by atoms with Gasteiger partial charge in [-0.3, -0.25) is 4.79 Å². The van der Waals surface area contributed by atoms with E-state index >= 15 is 0 Å². The molecule has 5 nitrogen and oxygen atoms in total. The van der Waals surface area contributed by atoms with Crippen LogP contribution in [0, 0.1) is 6.92 Å². The summed E-state index contributed by atoms with van der Waals surface area (Å²) in [6.45, 7) is 3.89. The predicted molar refractivity (Wildman–Crippen MR) is 106 cm³/mol. The highest BCUT2D eigenvalue weighted by molar-refractivity contribution is 6.35. The largest absolute Gasteiger partial charge is 0.350 e. The molecule has 0 bridgehead atoms. The van der Waals surface area contributed by atoms with Gasteiger partial charge in [0.25, 0.3) is 0 Å². The molecule has 3 aromatic rings. The number of halogens is 2. The Morgan fingerprint density at radius 3 is 2.63 bits per heavy atom. The number of aryl methyl sites for hydroxylation is 2. The van der Waals surface area contributed by atoms with Gasteiger partial charge in [0, 0.05) is 28.5 Å². The van der Waals surface area contributed by atoms with Crippen molar-refractivity contribution in [1.82, 2.24) is 15.5 Å². The first kappa shape index (κ1) is 19.4. The minimum Gasteiger partial charge on any atom is -0.350 e. The van der Waals surface area contributed by atoms with Crippen LogP contribution < -0.4 is 5.32 Å². The quantitative estimate of drug-likeness (QED) is 0.616. The van der Waals surface area contributed by atoms with Gasteiger partial charge in [-0.1, -0.05) is 64.3 Å². The second-order valence-electron chi connectivity index (χ2n) is 6.33. The molecule has 7 heteroatoms. The van der Waals surface area contributed by atoms with Crippen molar-refractivity contribution in [3.8, 4) is 11.4 Å². The molecule has 0 aliphatic heterocycles. The van der Waals surface area contributed by atoms with E-state index in [2.05, 4.69) is 15.5 Å². The molecule has 1 aromatic heterocycles. The van der Waals surface area contributed by atoms with Crippen LogP contribution in [0.15, 0.2) is 47.0 Å². The van der Waals surface area contributed by atoms with E-state index < -0.39 is 0 Å². The Balaban J connectivity index is 1.55. The van der Waals surface area contributed by atoms with Crippen LogP contribution in [0.4, 0.5) is 0 Å². The molecule has 3 rings (SSSR count). The van der Waals surface area contributed by atoms with Crippen molar-refractivity contribution in [3.05, 3.63) is 69.5 Å². The van der Waals surface area contributed by atoms with E-state index in [9.17, 15) is 4.79 Å². The molecule has 0 aliphatic rings. The van der Waals surface area contributed by atoms with Crippen LogP contribution in [0.25, 0.3) is 11.4 Å². The topological polar surface area (TPSA) is 68.0 Å². The van der Waals surface area contributed by atoms with Crippen molar-refractivity contribution in [2.24, 2.45) is 0 Å². The molecule has 0 saturated heterocycles. The van der Waals surface area contributed by atoms with Gasteiger partial charge in [0.05, 0.1) is 6.04 Å². The summed E-state index contributed by atoms with van der Waals surface area (Å²) in [6, 6.07) is 12.8. The number of aromatic nitrogens is 2. The van der Waals surface area contributed by atoms with E-state index in [4.69, 9.17) is 27.7 Å². The molecule has 1 heterocycles. The second kappa shape index (κ2) is 8.55. The van der Waals surface area contributed by atoms with Crippen molar-refractivity contribution in [1.29, 1.82) is 0 Å². The Hall–Kier alpha value is -2.37. The van der Waals surface area contributed by atoms with Crippen LogP contribution in [0.5, 0.6) is 0 Å². The number of hydrogen-bond acceptors (Lipinski definition) is 4. The highest BCUT2D eigenvalue weighted by Gasteiger charge is 2.15. The van der Waals surface area contributed by atoms with Gasteiger partial charge in [-0.2, -0.15) is 4.98 Å². The number of hydrogen-bond donors (Lipinski definition) is 1. The maximum absolute atomic E-state index is 12.2. The molecule has 1 N–H and O–H groups in total. The van der Waals surface area contributed by atoms with Gasteiger partial charge in [0.1, 0.15) is 0 Å². The van der Waals surface area contributed by atoms with Gasteiger partial charge in [-0.15, -0.1) is 0 Å². The molecule has 2 aromatic carbocycles. The summed E-state index contributed by atoms with van der Waals surface area (Å²) in [4.78, 5) is 16.6. The molecule has 0 saturated carbocycles. The molecule has 140 valence electrons. The first-order valence-corrected chi connectivity index (χ1v) is 9.32. The lowest BCUT2D eigenvalue weighted by Gasteiger charge is -2.15. The summed E-state index contributed by atoms with van der Waals surface area (Å²) < 4.78 is 5.24. The zero-order valence-electron chi connectivity index (χ0n) is 15.0. The smallest absolute Gasteiger partial charge is 0.227 e. The van der Waals surface area contributed by atoms with Crippen molar-refractivity contribution >= 4 is 29.1 Å². The van der Waals surface area contributed by atoms with Crippen LogP contribution in [-0.4, -0.2) is 16.0 Å². The molecule has 0 radical (unpaired) electrons. The molecular formula is C20H19Cl2N3O2. The standard InChI is InChI=1S/C20H19Cl2N3O2/c1-12-3-5-14(6-4-12)20-24-19(27-25-20)10-9-18(26)23-13(2)16-8-7-15(21)11-17(16)22/h3-8,11,13H,9-10H2,1-2H3,(H,23,26). The number of nitrogens with zero attached hydrogens (tertiary/aromatic N) is 2. The van der Waals surface area contributed by atoms with Crippen LogP contribution in [0.1, 0.15) is 36.4 Å². The summed E-state index contributed by atoms with van der Waals surface area (Å²) >= 11 is 12.1. The fraction of sp³-hybridized carbons (Fsp3) is 0.250. The fourth-order valence-corrected chi connectivity index (χ4v) is 3.21. The normalized spacial score (nSPS) is 12.0. The van der Waals surface area contributed by atoms with Crippen molar-refractivity contribution in [2.45, 2.75) is 32.7 Å². The maximum Gasteiger partial charge on any atom is 0.227 e.